The van der Waals surface area contributed by atoms with E-state index in [0.717, 1.165) is 37.8 Å². The summed E-state index contributed by atoms with van der Waals surface area (Å²) in [7, 11) is 2.90. The minimum absolute atomic E-state index is 0.0583. The van der Waals surface area contributed by atoms with Gasteiger partial charge in [-0.3, -0.25) is 4.79 Å². The van der Waals surface area contributed by atoms with Gasteiger partial charge in [0.15, 0.2) is 0 Å². The number of aryl methyl sites for hydroxylation is 1. The number of ether oxygens (including phenoxy) is 3. The molecule has 0 unspecified atom stereocenters. The van der Waals surface area contributed by atoms with Crippen LogP contribution in [0.15, 0.2) is 6.07 Å². The molecule has 1 saturated carbocycles. The second-order valence-corrected chi connectivity index (χ2v) is 8.29. The van der Waals surface area contributed by atoms with Crippen molar-refractivity contribution in [1.29, 1.82) is 0 Å². The monoisotopic (exact) mass is 434 g/mol. The molecule has 9 heteroatoms. The third kappa shape index (κ3) is 6.29. The second-order valence-electron chi connectivity index (χ2n) is 8.29. The lowest BCUT2D eigenvalue weighted by molar-refractivity contribution is -0.154. The fourth-order valence-corrected chi connectivity index (χ4v) is 3.97. The highest BCUT2D eigenvalue weighted by Crippen LogP contribution is 2.36. The first-order valence-corrected chi connectivity index (χ1v) is 11.1. The summed E-state index contributed by atoms with van der Waals surface area (Å²) < 4.78 is 15.9. The van der Waals surface area contributed by atoms with Gasteiger partial charge in [0, 0.05) is 25.1 Å². The van der Waals surface area contributed by atoms with Gasteiger partial charge in [0.05, 0.1) is 32.1 Å². The molecule has 1 saturated heterocycles. The lowest BCUT2D eigenvalue weighted by Gasteiger charge is -2.35. The smallest absolute Gasteiger partial charge is 0.406 e. The molecule has 31 heavy (non-hydrogen) atoms. The zero-order valence-corrected chi connectivity index (χ0v) is 18.9. The predicted octanol–water partition coefficient (Wildman–Crippen LogP) is 2.78. The van der Waals surface area contributed by atoms with E-state index < -0.39 is 6.09 Å². The van der Waals surface area contributed by atoms with E-state index in [1.807, 2.05) is 18.7 Å². The van der Waals surface area contributed by atoms with Gasteiger partial charge < -0.3 is 24.4 Å². The number of rotatable bonds is 9. The molecule has 0 spiro atoms. The summed E-state index contributed by atoms with van der Waals surface area (Å²) in [6.07, 6.45) is 5.30. The largest absolute Gasteiger partial charge is 0.481 e. The Bertz CT molecular complexity index is 770. The summed E-state index contributed by atoms with van der Waals surface area (Å²) in [4.78, 5) is 35.7. The molecule has 3 atom stereocenters. The fraction of sp³-hybridized carbons (Fsp3) is 0.727. The zero-order chi connectivity index (χ0) is 22.4. The summed E-state index contributed by atoms with van der Waals surface area (Å²) in [5.41, 5.74) is 0.756. The van der Waals surface area contributed by atoms with Crippen LogP contribution in [0.1, 0.15) is 69.9 Å². The van der Waals surface area contributed by atoms with Crippen molar-refractivity contribution in [1.82, 2.24) is 20.2 Å². The quantitative estimate of drug-likeness (QED) is 0.596. The Morgan fingerprint density at radius 1 is 1.26 bits per heavy atom. The highest BCUT2D eigenvalue weighted by Gasteiger charge is 2.41. The van der Waals surface area contributed by atoms with Gasteiger partial charge in [0.25, 0.3) is 5.91 Å². The van der Waals surface area contributed by atoms with Crippen LogP contribution in [0.4, 0.5) is 4.79 Å². The van der Waals surface area contributed by atoms with E-state index in [1.54, 1.807) is 13.2 Å². The molecule has 1 aromatic rings. The van der Waals surface area contributed by atoms with Gasteiger partial charge in [-0.25, -0.2) is 9.78 Å². The van der Waals surface area contributed by atoms with Gasteiger partial charge in [-0.15, -0.1) is 0 Å². The van der Waals surface area contributed by atoms with Gasteiger partial charge in [-0.2, -0.15) is 4.98 Å². The van der Waals surface area contributed by atoms with Gasteiger partial charge in [-0.1, -0.05) is 0 Å². The van der Waals surface area contributed by atoms with Crippen LogP contribution in [0.5, 0.6) is 5.88 Å². The zero-order valence-electron chi connectivity index (χ0n) is 18.9. The standard InChI is InChI=1S/C22H34N4O5/c1-14-7-5-8-18(31-14)21(27)26(16-10-11-16)15(2)17-13-20(29-3)25-19(24-17)9-6-12-23-22(28)30-4/h13-16,18H,5-12H2,1-4H3,(H,23,28)/t14-,15-,18-/m1/s1. The number of nitrogens with one attached hydrogen (secondary N) is 1. The minimum Gasteiger partial charge on any atom is -0.481 e. The maximum Gasteiger partial charge on any atom is 0.406 e. The maximum atomic E-state index is 13.4. The van der Waals surface area contributed by atoms with Crippen molar-refractivity contribution in [3.8, 4) is 5.88 Å². The Labute approximate surface area is 183 Å². The van der Waals surface area contributed by atoms with Crippen LogP contribution >= 0.6 is 0 Å². The molecule has 2 aliphatic rings. The third-order valence-corrected chi connectivity index (χ3v) is 5.80. The van der Waals surface area contributed by atoms with E-state index in [2.05, 4.69) is 15.0 Å². The van der Waals surface area contributed by atoms with E-state index in [0.29, 0.717) is 31.1 Å². The molecule has 1 aliphatic carbocycles. The van der Waals surface area contributed by atoms with Crippen LogP contribution in [0.25, 0.3) is 0 Å². The molecule has 9 nitrogen and oxygen atoms in total. The summed E-state index contributed by atoms with van der Waals surface area (Å²) in [5.74, 6) is 1.15. The number of carbonyl (C=O) groups is 2. The van der Waals surface area contributed by atoms with Crippen molar-refractivity contribution >= 4 is 12.0 Å². The van der Waals surface area contributed by atoms with Crippen LogP contribution in [0.3, 0.4) is 0 Å². The molecule has 1 N–H and O–H groups in total. The predicted molar refractivity (Wildman–Crippen MR) is 114 cm³/mol. The number of hydrogen-bond donors (Lipinski definition) is 1. The molecule has 172 valence electrons. The first kappa shape index (κ1) is 23.2. The van der Waals surface area contributed by atoms with Crippen molar-refractivity contribution in [2.24, 2.45) is 0 Å². The topological polar surface area (TPSA) is 103 Å². The lowest BCUT2D eigenvalue weighted by atomic mass is 10.0. The molecule has 0 aromatic carbocycles. The number of amides is 2. The number of carbonyl (C=O) groups excluding carboxylic acids is 2. The molecule has 2 amide bonds. The first-order chi connectivity index (χ1) is 14.9. The number of alkyl carbamates (subject to hydrolysis) is 1. The van der Waals surface area contributed by atoms with Gasteiger partial charge in [0.2, 0.25) is 5.88 Å². The first-order valence-electron chi connectivity index (χ1n) is 11.1. The number of hydrogen-bond acceptors (Lipinski definition) is 7. The molecular weight excluding hydrogens is 400 g/mol. The average Bonchev–Trinajstić information content (AvgIpc) is 3.61. The summed E-state index contributed by atoms with van der Waals surface area (Å²) in [5, 5.41) is 2.65. The van der Waals surface area contributed by atoms with Gasteiger partial charge >= 0.3 is 6.09 Å². The van der Waals surface area contributed by atoms with Gasteiger partial charge in [-0.05, 0) is 52.4 Å². The fourth-order valence-electron chi connectivity index (χ4n) is 3.97. The Hall–Kier alpha value is -2.42. The van der Waals surface area contributed by atoms with Crippen LogP contribution < -0.4 is 10.1 Å². The van der Waals surface area contributed by atoms with Crippen LogP contribution in [0.2, 0.25) is 0 Å². The molecule has 2 fully saturated rings. The molecule has 0 radical (unpaired) electrons. The van der Waals surface area contributed by atoms with E-state index in [4.69, 9.17) is 14.5 Å². The highest BCUT2D eigenvalue weighted by molar-refractivity contribution is 5.82. The number of aromatic nitrogens is 2. The Balaban J connectivity index is 1.72. The van der Waals surface area contributed by atoms with Crippen molar-refractivity contribution in [2.75, 3.05) is 20.8 Å². The van der Waals surface area contributed by atoms with E-state index >= 15 is 0 Å². The summed E-state index contributed by atoms with van der Waals surface area (Å²) in [6, 6.07) is 1.83. The van der Waals surface area contributed by atoms with E-state index in [1.165, 1.54) is 7.11 Å². The van der Waals surface area contributed by atoms with Crippen molar-refractivity contribution in [3.63, 3.8) is 0 Å². The third-order valence-electron chi connectivity index (χ3n) is 5.80. The van der Waals surface area contributed by atoms with Crippen LogP contribution in [-0.2, 0) is 20.7 Å². The van der Waals surface area contributed by atoms with E-state index in [9.17, 15) is 9.59 Å². The Kier molecular flexibility index (Phi) is 8.06. The van der Waals surface area contributed by atoms with Crippen molar-refractivity contribution < 1.29 is 23.8 Å². The SMILES string of the molecule is COC(=O)NCCCc1nc(OC)cc([C@@H](C)N(C(=O)[C@H]2CCC[C@@H](C)O2)C2CC2)n1. The molecule has 2 heterocycles. The minimum atomic E-state index is -0.460. The van der Waals surface area contributed by atoms with E-state index in [-0.39, 0.29) is 30.2 Å². The Morgan fingerprint density at radius 2 is 2.03 bits per heavy atom. The summed E-state index contributed by atoms with van der Waals surface area (Å²) >= 11 is 0. The molecule has 1 aliphatic heterocycles. The second kappa shape index (κ2) is 10.7. The molecular formula is C22H34N4O5. The van der Waals surface area contributed by atoms with Crippen molar-refractivity contribution in [2.45, 2.75) is 83.1 Å². The molecule has 3 rings (SSSR count). The average molecular weight is 435 g/mol. The van der Waals surface area contributed by atoms with Gasteiger partial charge in [0.1, 0.15) is 11.9 Å². The normalized spacial score (nSPS) is 21.8. The molecule has 0 bridgehead atoms. The number of nitrogens with zero attached hydrogens (tertiary/aromatic N) is 3. The van der Waals surface area contributed by atoms with Crippen LogP contribution in [0, 0.1) is 0 Å². The summed E-state index contributed by atoms with van der Waals surface area (Å²) in [6.45, 7) is 4.50. The Morgan fingerprint density at radius 3 is 2.68 bits per heavy atom. The maximum absolute atomic E-state index is 13.4. The molecule has 1 aromatic heterocycles. The van der Waals surface area contributed by atoms with Crippen LogP contribution in [-0.4, -0.2) is 65.9 Å². The highest BCUT2D eigenvalue weighted by atomic mass is 16.5. The van der Waals surface area contributed by atoms with Crippen molar-refractivity contribution in [3.05, 3.63) is 17.6 Å². The number of methoxy groups -OCH3 is 2. The lowest BCUT2D eigenvalue weighted by Crippen LogP contribution is -2.45.